The van der Waals surface area contributed by atoms with E-state index in [2.05, 4.69) is 4.74 Å². The first-order chi connectivity index (χ1) is 10.1. The molecule has 0 radical (unpaired) electrons. The topological polar surface area (TPSA) is 89.9 Å². The fraction of sp³-hybridized carbons (Fsp3) is 0.385. The smallest absolute Gasteiger partial charge is 0.380 e. The summed E-state index contributed by atoms with van der Waals surface area (Å²) in [4.78, 5) is 23.8. The van der Waals surface area contributed by atoms with Crippen molar-refractivity contribution >= 4 is 23.0 Å². The van der Waals surface area contributed by atoms with E-state index in [1.807, 2.05) is 0 Å². The van der Waals surface area contributed by atoms with Gasteiger partial charge in [0.15, 0.2) is 6.10 Å². The first kappa shape index (κ1) is 16.5. The van der Waals surface area contributed by atoms with Crippen LogP contribution in [0.5, 0.6) is 5.75 Å². The largest absolute Gasteiger partial charge is 0.451 e. The normalized spacial score (nSPS) is 16.2. The van der Waals surface area contributed by atoms with Gasteiger partial charge in [-0.1, -0.05) is 0 Å². The third kappa shape index (κ3) is 2.50. The Labute approximate surface area is 126 Å². The molecule has 2 unspecified atom stereocenters. The summed E-state index contributed by atoms with van der Waals surface area (Å²) in [7, 11) is 0. The number of benzene rings is 1. The molecule has 0 spiro atoms. The van der Waals surface area contributed by atoms with Crippen molar-refractivity contribution in [1.29, 1.82) is 0 Å². The van der Waals surface area contributed by atoms with Crippen LogP contribution in [-0.2, 0) is 15.8 Å². The van der Waals surface area contributed by atoms with E-state index in [0.29, 0.717) is 16.9 Å². The lowest BCUT2D eigenvalue weighted by Crippen LogP contribution is -2.39. The second-order valence-electron chi connectivity index (χ2n) is 4.81. The quantitative estimate of drug-likeness (QED) is 0.670. The van der Waals surface area contributed by atoms with Gasteiger partial charge in [-0.25, -0.2) is 13.8 Å². The Kier molecular flexibility index (Phi) is 4.05. The molecule has 120 valence electrons. The lowest BCUT2D eigenvalue weighted by molar-refractivity contribution is -0.0515. The highest BCUT2D eigenvalue weighted by molar-refractivity contribution is 7.80. The summed E-state index contributed by atoms with van der Waals surface area (Å²) in [6.07, 6.45) is -2.14. The van der Waals surface area contributed by atoms with Crippen molar-refractivity contribution in [1.82, 2.24) is 0 Å². The van der Waals surface area contributed by atoms with E-state index in [-0.39, 0.29) is 11.1 Å². The maximum Gasteiger partial charge on any atom is 0.380 e. The van der Waals surface area contributed by atoms with E-state index in [4.69, 9.17) is 9.29 Å². The van der Waals surface area contributed by atoms with Gasteiger partial charge in [-0.05, 0) is 32.4 Å². The Morgan fingerprint density at radius 3 is 2.59 bits per heavy atom. The molecule has 1 aliphatic rings. The highest BCUT2D eigenvalue weighted by atomic mass is 32.2. The van der Waals surface area contributed by atoms with Crippen LogP contribution in [0.2, 0.25) is 0 Å². The van der Waals surface area contributed by atoms with Crippen LogP contribution in [0, 0.1) is 13.8 Å². The van der Waals surface area contributed by atoms with Crippen LogP contribution in [0.3, 0.4) is 0 Å². The minimum Gasteiger partial charge on any atom is -0.451 e. The number of hydrogen-bond donors (Lipinski definition) is 1. The summed E-state index contributed by atoms with van der Waals surface area (Å²) < 4.78 is 55.3. The molecule has 0 fully saturated rings. The molecular formula is C13H12F2O6S. The third-order valence-electron chi connectivity index (χ3n) is 3.34. The molecule has 2 bridgehead atoms. The van der Waals surface area contributed by atoms with Gasteiger partial charge in [-0.2, -0.15) is 8.78 Å². The van der Waals surface area contributed by atoms with Crippen LogP contribution in [0.15, 0.2) is 6.07 Å². The zero-order valence-corrected chi connectivity index (χ0v) is 12.6. The fourth-order valence-electron chi connectivity index (χ4n) is 2.09. The molecule has 22 heavy (non-hydrogen) atoms. The molecule has 0 aliphatic carbocycles. The van der Waals surface area contributed by atoms with E-state index in [1.165, 1.54) is 13.0 Å². The number of hydrogen-bond acceptors (Lipinski definition) is 5. The molecule has 9 heteroatoms. The number of alkyl halides is 2. The van der Waals surface area contributed by atoms with Crippen molar-refractivity contribution in [3.63, 3.8) is 0 Å². The molecule has 1 aromatic carbocycles. The monoisotopic (exact) mass is 334 g/mol. The van der Waals surface area contributed by atoms with Gasteiger partial charge < -0.3 is 14.0 Å². The number of carbonyl (C=O) groups excluding carboxylic acids is 2. The third-order valence-corrected chi connectivity index (χ3v) is 4.13. The Morgan fingerprint density at radius 2 is 2.05 bits per heavy atom. The Bertz CT molecular complexity index is 700. The molecule has 0 amide bonds. The molecule has 0 saturated carbocycles. The first-order valence-corrected chi connectivity index (χ1v) is 7.24. The maximum absolute atomic E-state index is 13.3. The van der Waals surface area contributed by atoms with Crippen LogP contribution in [0.25, 0.3) is 0 Å². The second kappa shape index (κ2) is 5.40. The average Bonchev–Trinajstić information content (AvgIpc) is 2.58. The minimum absolute atomic E-state index is 0.0411. The highest BCUT2D eigenvalue weighted by Crippen LogP contribution is 2.35. The van der Waals surface area contributed by atoms with Gasteiger partial charge in [0.1, 0.15) is 5.75 Å². The molecule has 1 heterocycles. The Balaban J connectivity index is 2.36. The van der Waals surface area contributed by atoms with E-state index in [9.17, 15) is 22.6 Å². The van der Waals surface area contributed by atoms with E-state index >= 15 is 0 Å². The van der Waals surface area contributed by atoms with Crippen LogP contribution in [-0.4, -0.2) is 32.1 Å². The van der Waals surface area contributed by atoms with Crippen LogP contribution < -0.4 is 4.74 Å². The predicted octanol–water partition coefficient (Wildman–Crippen LogP) is 2.20. The average molecular weight is 334 g/mol. The number of rotatable bonds is 4. The lowest BCUT2D eigenvalue weighted by Gasteiger charge is -2.21. The first-order valence-electron chi connectivity index (χ1n) is 6.13. The molecular weight excluding hydrogens is 322 g/mol. The van der Waals surface area contributed by atoms with Gasteiger partial charge in [0.2, 0.25) is 11.1 Å². The van der Waals surface area contributed by atoms with Gasteiger partial charge in [0.05, 0.1) is 11.1 Å². The number of ether oxygens (including phenoxy) is 2. The number of carbonyl (C=O) groups is 2. The molecule has 1 aliphatic heterocycles. The molecule has 0 aromatic heterocycles. The Morgan fingerprint density at radius 1 is 1.45 bits per heavy atom. The SMILES string of the molecule is Cc1cc2c(C)c(c1C(=O)OC(C)C(F)(F)S(=O)O)C(=O)O2. The molecule has 1 N–H and O–H groups in total. The highest BCUT2D eigenvalue weighted by Gasteiger charge is 2.46. The minimum atomic E-state index is -4.13. The van der Waals surface area contributed by atoms with Gasteiger partial charge in [0.25, 0.3) is 0 Å². The standard InChI is InChI=1S/C13H12F2O6S/c1-5-4-8-6(2)10(12(17)21-8)9(5)11(16)20-7(3)13(14,15)22(18)19/h4,7H,1-3H3,(H,18,19). The zero-order chi connectivity index (χ0) is 16.8. The summed E-state index contributed by atoms with van der Waals surface area (Å²) in [5, 5.41) is -4.13. The van der Waals surface area contributed by atoms with E-state index < -0.39 is 34.4 Å². The van der Waals surface area contributed by atoms with Crippen molar-refractivity contribution in [2.45, 2.75) is 32.1 Å². The molecule has 2 rings (SSSR count). The van der Waals surface area contributed by atoms with E-state index in [1.54, 1.807) is 6.92 Å². The number of halogens is 2. The lowest BCUT2D eigenvalue weighted by atomic mass is 9.98. The molecule has 2 atom stereocenters. The van der Waals surface area contributed by atoms with Crippen LogP contribution >= 0.6 is 0 Å². The zero-order valence-electron chi connectivity index (χ0n) is 11.8. The van der Waals surface area contributed by atoms with Gasteiger partial charge in [-0.15, -0.1) is 0 Å². The number of fused-ring (bicyclic) bond motifs is 2. The van der Waals surface area contributed by atoms with Gasteiger partial charge >= 0.3 is 17.2 Å². The maximum atomic E-state index is 13.3. The van der Waals surface area contributed by atoms with Crippen LogP contribution in [0.4, 0.5) is 8.78 Å². The number of aryl methyl sites for hydroxylation is 1. The summed E-state index contributed by atoms with van der Waals surface area (Å²) >= 11 is -3.49. The summed E-state index contributed by atoms with van der Waals surface area (Å²) in [5.41, 5.74) is 0.510. The van der Waals surface area contributed by atoms with Crippen molar-refractivity contribution in [2.75, 3.05) is 0 Å². The van der Waals surface area contributed by atoms with Gasteiger partial charge in [0, 0.05) is 5.56 Å². The summed E-state index contributed by atoms with van der Waals surface area (Å²) in [6.45, 7) is 3.84. The Hall–Kier alpha value is -1.87. The van der Waals surface area contributed by atoms with Crippen molar-refractivity contribution in [2.24, 2.45) is 0 Å². The fourth-order valence-corrected chi connectivity index (χ4v) is 2.42. The van der Waals surface area contributed by atoms with Gasteiger partial charge in [-0.3, -0.25) is 0 Å². The van der Waals surface area contributed by atoms with Crippen molar-refractivity contribution in [3.05, 3.63) is 28.3 Å². The molecule has 1 aromatic rings. The molecule has 6 nitrogen and oxygen atoms in total. The summed E-state index contributed by atoms with van der Waals surface area (Å²) in [5.74, 6) is -1.65. The van der Waals surface area contributed by atoms with Crippen molar-refractivity contribution < 1.29 is 36.6 Å². The summed E-state index contributed by atoms with van der Waals surface area (Å²) in [6, 6.07) is 1.42. The second-order valence-corrected chi connectivity index (χ2v) is 5.86. The van der Waals surface area contributed by atoms with E-state index in [0.717, 1.165) is 6.92 Å². The molecule has 0 saturated heterocycles. The van der Waals surface area contributed by atoms with Crippen LogP contribution in [0.1, 0.15) is 38.8 Å². The predicted molar refractivity (Wildman–Crippen MR) is 71.5 cm³/mol. The van der Waals surface area contributed by atoms with Crippen molar-refractivity contribution in [3.8, 4) is 5.75 Å². The number of esters is 2.